The van der Waals surface area contributed by atoms with Crippen LogP contribution < -0.4 is 14.4 Å². The number of sulfonamides is 1. The van der Waals surface area contributed by atoms with Gasteiger partial charge in [-0.2, -0.15) is 5.10 Å². The smallest absolute Gasteiger partial charge is 0.264 e. The normalized spacial score (nSPS) is 12.9. The van der Waals surface area contributed by atoms with Gasteiger partial charge in [-0.3, -0.25) is 9.10 Å². The monoisotopic (exact) mass is 474 g/mol. The molecule has 4 aromatic rings. The van der Waals surface area contributed by atoms with Crippen LogP contribution in [0.5, 0.6) is 5.75 Å². The number of benzene rings is 3. The van der Waals surface area contributed by atoms with E-state index in [2.05, 4.69) is 10.4 Å². The van der Waals surface area contributed by atoms with Crippen LogP contribution in [-0.2, 0) is 16.4 Å². The van der Waals surface area contributed by atoms with Crippen molar-refractivity contribution < 1.29 is 17.9 Å². The van der Waals surface area contributed by atoms with Crippen LogP contribution >= 0.6 is 0 Å². The van der Waals surface area contributed by atoms with E-state index in [4.69, 9.17) is 4.74 Å². The number of nitrogens with one attached hydrogen (secondary N) is 1. The van der Waals surface area contributed by atoms with Crippen LogP contribution in [0.2, 0.25) is 0 Å². The highest BCUT2D eigenvalue weighted by atomic mass is 32.2. The van der Waals surface area contributed by atoms with E-state index in [1.54, 1.807) is 23.0 Å². The number of fused-ring (bicyclic) bond motifs is 1. The number of nitrogens with zero attached hydrogens (tertiary/aromatic N) is 3. The van der Waals surface area contributed by atoms with Crippen LogP contribution in [0.3, 0.4) is 0 Å². The first-order valence-electron chi connectivity index (χ1n) is 10.7. The topological polar surface area (TPSA) is 93.5 Å². The number of amides is 1. The Morgan fingerprint density at radius 3 is 2.56 bits per heavy atom. The van der Waals surface area contributed by atoms with Gasteiger partial charge in [-0.15, -0.1) is 0 Å². The van der Waals surface area contributed by atoms with E-state index in [0.717, 1.165) is 11.3 Å². The van der Waals surface area contributed by atoms with Gasteiger partial charge in [0.2, 0.25) is 0 Å². The maximum Gasteiger partial charge on any atom is 0.264 e. The Kier molecular flexibility index (Phi) is 5.54. The summed E-state index contributed by atoms with van der Waals surface area (Å²) in [5.41, 5.74) is 2.59. The molecule has 9 heteroatoms. The highest BCUT2D eigenvalue weighted by Gasteiger charge is 2.31. The SMILES string of the molecule is COc1ccc(S(=O)(=O)N2CCc3ccccc32)cc1C(=O)Nc1ccn(-c2ccccc2)n1. The molecular weight excluding hydrogens is 452 g/mol. The van der Waals surface area contributed by atoms with Crippen molar-refractivity contribution in [3.63, 3.8) is 0 Å². The van der Waals surface area contributed by atoms with Gasteiger partial charge in [0.25, 0.3) is 15.9 Å². The average molecular weight is 475 g/mol. The summed E-state index contributed by atoms with van der Waals surface area (Å²) in [6.07, 6.45) is 2.37. The molecule has 0 aliphatic carbocycles. The van der Waals surface area contributed by atoms with Gasteiger partial charge in [0, 0.05) is 18.8 Å². The molecule has 1 aliphatic rings. The first-order chi connectivity index (χ1) is 16.5. The molecule has 0 saturated carbocycles. The zero-order valence-electron chi connectivity index (χ0n) is 18.4. The second kappa shape index (κ2) is 8.68. The maximum absolute atomic E-state index is 13.4. The molecule has 0 atom stereocenters. The van der Waals surface area contributed by atoms with E-state index < -0.39 is 15.9 Å². The number of ether oxygens (including phenoxy) is 1. The minimum Gasteiger partial charge on any atom is -0.496 e. The first kappa shape index (κ1) is 21.7. The number of carbonyl (C=O) groups excluding carboxylic acids is 1. The molecular formula is C25H22N4O4S. The summed E-state index contributed by atoms with van der Waals surface area (Å²) >= 11 is 0. The summed E-state index contributed by atoms with van der Waals surface area (Å²) in [6, 6.07) is 22.9. The Bertz CT molecular complexity index is 1470. The zero-order chi connectivity index (χ0) is 23.7. The lowest BCUT2D eigenvalue weighted by Gasteiger charge is -2.20. The van der Waals surface area contributed by atoms with Gasteiger partial charge < -0.3 is 10.1 Å². The Hall–Kier alpha value is -4.11. The van der Waals surface area contributed by atoms with Crippen molar-refractivity contribution >= 4 is 27.4 Å². The summed E-state index contributed by atoms with van der Waals surface area (Å²) < 4.78 is 35.2. The molecule has 8 nitrogen and oxygen atoms in total. The summed E-state index contributed by atoms with van der Waals surface area (Å²) in [4.78, 5) is 13.1. The molecule has 0 unspecified atom stereocenters. The van der Waals surface area contributed by atoms with Crippen LogP contribution in [0.15, 0.2) is 90.0 Å². The molecule has 0 spiro atoms. The molecule has 172 valence electrons. The van der Waals surface area contributed by atoms with Crippen molar-refractivity contribution in [3.05, 3.63) is 96.2 Å². The molecule has 1 aromatic heterocycles. The van der Waals surface area contributed by atoms with E-state index in [0.29, 0.717) is 24.5 Å². The lowest BCUT2D eigenvalue weighted by atomic mass is 10.2. The number of aromatic nitrogens is 2. The second-order valence-corrected chi connectivity index (χ2v) is 9.62. The molecule has 0 radical (unpaired) electrons. The quantitative estimate of drug-likeness (QED) is 0.458. The van der Waals surface area contributed by atoms with E-state index in [-0.39, 0.29) is 16.2 Å². The summed E-state index contributed by atoms with van der Waals surface area (Å²) in [5.74, 6) is 0.0763. The molecule has 0 saturated heterocycles. The predicted octanol–water partition coefficient (Wildman–Crippen LogP) is 3.88. The van der Waals surface area contributed by atoms with Gasteiger partial charge in [0.15, 0.2) is 5.82 Å². The number of methoxy groups -OCH3 is 1. The number of anilines is 2. The Morgan fingerprint density at radius 1 is 1.00 bits per heavy atom. The first-order valence-corrected chi connectivity index (χ1v) is 12.1. The van der Waals surface area contributed by atoms with Gasteiger partial charge >= 0.3 is 0 Å². The molecule has 5 rings (SSSR count). The number of rotatable bonds is 6. The number of hydrogen-bond donors (Lipinski definition) is 1. The fourth-order valence-corrected chi connectivity index (χ4v) is 5.54. The van der Waals surface area contributed by atoms with Gasteiger partial charge in [0.1, 0.15) is 5.75 Å². The summed E-state index contributed by atoms with van der Waals surface area (Å²) in [6.45, 7) is 0.353. The Labute approximate surface area is 197 Å². The fourth-order valence-electron chi connectivity index (χ4n) is 4.01. The Morgan fingerprint density at radius 2 is 1.76 bits per heavy atom. The highest BCUT2D eigenvalue weighted by Crippen LogP contribution is 2.34. The lowest BCUT2D eigenvalue weighted by molar-refractivity contribution is 0.102. The van der Waals surface area contributed by atoms with Crippen LogP contribution in [0.1, 0.15) is 15.9 Å². The van der Waals surface area contributed by atoms with Gasteiger partial charge in [0.05, 0.1) is 28.9 Å². The third-order valence-electron chi connectivity index (χ3n) is 5.70. The van der Waals surface area contributed by atoms with Crippen molar-refractivity contribution in [3.8, 4) is 11.4 Å². The Balaban J connectivity index is 1.44. The molecule has 1 aliphatic heterocycles. The van der Waals surface area contributed by atoms with Gasteiger partial charge in [-0.1, -0.05) is 36.4 Å². The van der Waals surface area contributed by atoms with Crippen molar-refractivity contribution in [2.24, 2.45) is 0 Å². The lowest BCUT2D eigenvalue weighted by Crippen LogP contribution is -2.29. The number of para-hydroxylation sites is 2. The molecule has 34 heavy (non-hydrogen) atoms. The standard InChI is InChI=1S/C25H22N4O4S/c1-33-23-12-11-20(34(31,32)29-16-13-18-7-5-6-10-22(18)29)17-21(23)25(30)26-24-14-15-28(27-24)19-8-3-2-4-9-19/h2-12,14-15,17H,13,16H2,1H3,(H,26,27,30). The fraction of sp³-hybridized carbons (Fsp3) is 0.120. The van der Waals surface area contributed by atoms with Crippen molar-refractivity contribution in [2.45, 2.75) is 11.3 Å². The third kappa shape index (κ3) is 3.90. The second-order valence-electron chi connectivity index (χ2n) is 7.75. The minimum atomic E-state index is -3.86. The predicted molar refractivity (Wildman–Crippen MR) is 129 cm³/mol. The molecule has 0 bridgehead atoms. The number of hydrogen-bond acceptors (Lipinski definition) is 5. The van der Waals surface area contributed by atoms with Crippen molar-refractivity contribution in [1.82, 2.24) is 9.78 Å². The zero-order valence-corrected chi connectivity index (χ0v) is 19.2. The van der Waals surface area contributed by atoms with Crippen LogP contribution in [0, 0.1) is 0 Å². The van der Waals surface area contributed by atoms with E-state index in [1.165, 1.54) is 29.6 Å². The van der Waals surface area contributed by atoms with E-state index in [9.17, 15) is 13.2 Å². The largest absolute Gasteiger partial charge is 0.496 e. The molecule has 1 amide bonds. The molecule has 2 heterocycles. The highest BCUT2D eigenvalue weighted by molar-refractivity contribution is 7.92. The molecule has 3 aromatic carbocycles. The molecule has 0 fully saturated rings. The van der Waals surface area contributed by atoms with Crippen molar-refractivity contribution in [2.75, 3.05) is 23.3 Å². The van der Waals surface area contributed by atoms with Crippen LogP contribution in [-0.4, -0.2) is 37.8 Å². The van der Waals surface area contributed by atoms with Crippen LogP contribution in [0.25, 0.3) is 5.69 Å². The van der Waals surface area contributed by atoms with Gasteiger partial charge in [-0.05, 0) is 48.4 Å². The third-order valence-corrected chi connectivity index (χ3v) is 7.51. The van der Waals surface area contributed by atoms with E-state index in [1.807, 2.05) is 48.5 Å². The van der Waals surface area contributed by atoms with Crippen LogP contribution in [0.4, 0.5) is 11.5 Å². The summed E-state index contributed by atoms with van der Waals surface area (Å²) in [5, 5.41) is 7.11. The maximum atomic E-state index is 13.4. The average Bonchev–Trinajstić information content (AvgIpc) is 3.52. The van der Waals surface area contributed by atoms with Gasteiger partial charge in [-0.25, -0.2) is 13.1 Å². The minimum absolute atomic E-state index is 0.0185. The van der Waals surface area contributed by atoms with E-state index >= 15 is 0 Å². The number of carbonyl (C=O) groups is 1. The molecule has 1 N–H and O–H groups in total. The summed E-state index contributed by atoms with van der Waals surface area (Å²) in [7, 11) is -2.43. The van der Waals surface area contributed by atoms with Crippen molar-refractivity contribution in [1.29, 1.82) is 0 Å².